The number of hydrogen-bond acceptors (Lipinski definition) is 0. The van der Waals surface area contributed by atoms with Crippen molar-refractivity contribution < 1.29 is 0 Å². The summed E-state index contributed by atoms with van der Waals surface area (Å²) in [6.45, 7) is 0. The lowest BCUT2D eigenvalue weighted by Gasteiger charge is -1.96. The van der Waals surface area contributed by atoms with Gasteiger partial charge in [0.05, 0.1) is 0 Å². The fourth-order valence-corrected chi connectivity index (χ4v) is 2.25. The Bertz CT molecular complexity index is 468. The van der Waals surface area contributed by atoms with Crippen LogP contribution in [0.25, 0.3) is 12.2 Å². The third kappa shape index (κ3) is 3.32. The molecule has 0 fully saturated rings. The van der Waals surface area contributed by atoms with Gasteiger partial charge < -0.3 is 0 Å². The zero-order valence-electron chi connectivity index (χ0n) is 8.53. The lowest BCUT2D eigenvalue weighted by molar-refractivity contribution is 1.60. The van der Waals surface area contributed by atoms with Gasteiger partial charge in [-0.2, -0.15) is 0 Å². The fraction of sp³-hybridized carbons (Fsp3) is 0. The van der Waals surface area contributed by atoms with Crippen molar-refractivity contribution in [2.45, 2.75) is 0 Å². The van der Waals surface area contributed by atoms with E-state index in [0.29, 0.717) is 0 Å². The van der Waals surface area contributed by atoms with Gasteiger partial charge in [-0.15, -0.1) is 0 Å². The highest BCUT2D eigenvalue weighted by Crippen LogP contribution is 2.16. The fourth-order valence-electron chi connectivity index (χ4n) is 1.41. The van der Waals surface area contributed by atoms with E-state index in [9.17, 15) is 0 Å². The Kier molecular flexibility index (Phi) is 3.97. The zero-order chi connectivity index (χ0) is 11.4. The van der Waals surface area contributed by atoms with E-state index in [1.165, 1.54) is 11.1 Å². The molecule has 2 heteroatoms. The first-order valence-electron chi connectivity index (χ1n) is 4.93. The van der Waals surface area contributed by atoms with Crippen LogP contribution in [0.3, 0.4) is 0 Å². The quantitative estimate of drug-likeness (QED) is 0.645. The van der Waals surface area contributed by atoms with Crippen LogP contribution in [0.5, 0.6) is 0 Å². The Morgan fingerprint density at radius 2 is 1.12 bits per heavy atom. The minimum atomic E-state index is 1.10. The number of hydrogen-bond donors (Lipinski definition) is 0. The van der Waals surface area contributed by atoms with Crippen molar-refractivity contribution in [1.29, 1.82) is 0 Å². The van der Waals surface area contributed by atoms with E-state index >= 15 is 0 Å². The molecule has 2 aromatic rings. The molecule has 2 aromatic carbocycles. The summed E-state index contributed by atoms with van der Waals surface area (Å²) in [4.78, 5) is 0. The van der Waals surface area contributed by atoms with Crippen LogP contribution in [0.15, 0.2) is 57.5 Å². The highest BCUT2D eigenvalue weighted by molar-refractivity contribution is 9.10. The maximum Gasteiger partial charge on any atom is 0.0181 e. The van der Waals surface area contributed by atoms with Gasteiger partial charge in [-0.1, -0.05) is 68.3 Å². The second-order valence-electron chi connectivity index (χ2n) is 3.44. The first-order valence-corrected chi connectivity index (χ1v) is 6.52. The molecule has 16 heavy (non-hydrogen) atoms. The predicted molar refractivity (Wildman–Crippen MR) is 77.2 cm³/mol. The topological polar surface area (TPSA) is 0 Å². The van der Waals surface area contributed by atoms with Crippen LogP contribution in [-0.4, -0.2) is 0 Å². The van der Waals surface area contributed by atoms with Gasteiger partial charge in [-0.05, 0) is 35.4 Å². The van der Waals surface area contributed by atoms with E-state index in [4.69, 9.17) is 0 Å². The third-order valence-electron chi connectivity index (χ3n) is 2.17. The summed E-state index contributed by atoms with van der Waals surface area (Å²) in [6.07, 6.45) is 4.21. The number of halogens is 2. The molecule has 0 aliphatic rings. The SMILES string of the molecule is Brc1cccc(/C=C/c2cccc(Br)c2)c1. The van der Waals surface area contributed by atoms with Gasteiger partial charge in [0.1, 0.15) is 0 Å². The summed E-state index contributed by atoms with van der Waals surface area (Å²) in [6, 6.07) is 16.5. The standard InChI is InChI=1S/C14H10Br2/c15-13-5-1-3-11(9-13)7-8-12-4-2-6-14(16)10-12/h1-10H/b8-7+. The van der Waals surface area contributed by atoms with Crippen molar-refractivity contribution in [2.24, 2.45) is 0 Å². The predicted octanol–water partition coefficient (Wildman–Crippen LogP) is 5.38. The van der Waals surface area contributed by atoms with Crippen molar-refractivity contribution in [3.63, 3.8) is 0 Å². The summed E-state index contributed by atoms with van der Waals surface area (Å²) < 4.78 is 2.20. The second kappa shape index (κ2) is 5.46. The minimum absolute atomic E-state index is 1.10. The summed E-state index contributed by atoms with van der Waals surface area (Å²) in [5, 5.41) is 0. The Balaban J connectivity index is 2.21. The monoisotopic (exact) mass is 336 g/mol. The van der Waals surface area contributed by atoms with Gasteiger partial charge >= 0.3 is 0 Å². The maximum atomic E-state index is 3.46. The zero-order valence-corrected chi connectivity index (χ0v) is 11.7. The highest BCUT2D eigenvalue weighted by atomic mass is 79.9. The van der Waals surface area contributed by atoms with E-state index in [2.05, 4.69) is 68.3 Å². The Labute approximate surface area is 112 Å². The summed E-state index contributed by atoms with van der Waals surface area (Å²) in [5.41, 5.74) is 2.38. The summed E-state index contributed by atoms with van der Waals surface area (Å²) in [5.74, 6) is 0. The van der Waals surface area contributed by atoms with Crippen LogP contribution in [0.2, 0.25) is 0 Å². The molecular formula is C14H10Br2. The first-order chi connectivity index (χ1) is 7.74. The average Bonchev–Trinajstić information content (AvgIpc) is 2.27. The third-order valence-corrected chi connectivity index (χ3v) is 3.15. The van der Waals surface area contributed by atoms with E-state index < -0.39 is 0 Å². The maximum absolute atomic E-state index is 3.46. The van der Waals surface area contributed by atoms with Gasteiger partial charge in [0.15, 0.2) is 0 Å². The first kappa shape index (κ1) is 11.6. The van der Waals surface area contributed by atoms with Crippen LogP contribution in [-0.2, 0) is 0 Å². The van der Waals surface area contributed by atoms with Crippen molar-refractivity contribution in [3.8, 4) is 0 Å². The van der Waals surface area contributed by atoms with Gasteiger partial charge in [0, 0.05) is 8.95 Å². The molecule has 0 aliphatic carbocycles. The Morgan fingerprint density at radius 3 is 1.50 bits per heavy atom. The van der Waals surface area contributed by atoms with Gasteiger partial charge in [-0.3, -0.25) is 0 Å². The molecule has 0 bridgehead atoms. The van der Waals surface area contributed by atoms with Crippen LogP contribution < -0.4 is 0 Å². The van der Waals surface area contributed by atoms with Crippen LogP contribution >= 0.6 is 31.9 Å². The molecule has 80 valence electrons. The molecule has 0 unspecified atom stereocenters. The van der Waals surface area contributed by atoms with Gasteiger partial charge in [0.25, 0.3) is 0 Å². The second-order valence-corrected chi connectivity index (χ2v) is 5.27. The van der Waals surface area contributed by atoms with E-state index in [1.807, 2.05) is 24.3 Å². The smallest absolute Gasteiger partial charge is 0.0181 e. The molecule has 0 nitrogen and oxygen atoms in total. The Hall–Kier alpha value is -0.860. The molecule has 0 N–H and O–H groups in total. The number of rotatable bonds is 2. The van der Waals surface area contributed by atoms with E-state index in [-0.39, 0.29) is 0 Å². The molecule has 0 amide bonds. The molecule has 0 radical (unpaired) electrons. The molecule has 0 saturated heterocycles. The summed E-state index contributed by atoms with van der Waals surface area (Å²) in [7, 11) is 0. The Morgan fingerprint density at radius 1 is 0.688 bits per heavy atom. The van der Waals surface area contributed by atoms with Gasteiger partial charge in [0.2, 0.25) is 0 Å². The van der Waals surface area contributed by atoms with Gasteiger partial charge in [-0.25, -0.2) is 0 Å². The molecular weight excluding hydrogens is 328 g/mol. The molecule has 0 aromatic heterocycles. The van der Waals surface area contributed by atoms with Crippen molar-refractivity contribution >= 4 is 44.0 Å². The molecule has 2 rings (SSSR count). The van der Waals surface area contributed by atoms with Crippen molar-refractivity contribution in [2.75, 3.05) is 0 Å². The van der Waals surface area contributed by atoms with E-state index in [0.717, 1.165) is 8.95 Å². The largest absolute Gasteiger partial charge is 0.0606 e. The van der Waals surface area contributed by atoms with E-state index in [1.54, 1.807) is 0 Å². The molecule has 0 atom stereocenters. The molecule has 0 heterocycles. The van der Waals surface area contributed by atoms with Crippen molar-refractivity contribution in [1.82, 2.24) is 0 Å². The average molecular weight is 338 g/mol. The van der Waals surface area contributed by atoms with Crippen molar-refractivity contribution in [3.05, 3.63) is 68.6 Å². The molecule has 0 aliphatic heterocycles. The number of benzene rings is 2. The molecule has 0 spiro atoms. The highest BCUT2D eigenvalue weighted by Gasteiger charge is 1.90. The van der Waals surface area contributed by atoms with Crippen LogP contribution in [0.1, 0.15) is 11.1 Å². The lowest BCUT2D eigenvalue weighted by atomic mass is 10.1. The summed E-state index contributed by atoms with van der Waals surface area (Å²) >= 11 is 6.92. The normalized spacial score (nSPS) is 10.9. The lowest BCUT2D eigenvalue weighted by Crippen LogP contribution is -1.73. The van der Waals surface area contributed by atoms with Crippen LogP contribution in [0.4, 0.5) is 0 Å². The van der Waals surface area contributed by atoms with Crippen LogP contribution in [0, 0.1) is 0 Å². The minimum Gasteiger partial charge on any atom is -0.0606 e. The molecule has 0 saturated carbocycles.